The van der Waals surface area contributed by atoms with Gasteiger partial charge in [0.15, 0.2) is 6.10 Å². The Kier molecular flexibility index (Phi) is 4.10. The third kappa shape index (κ3) is 4.30. The maximum atomic E-state index is 11.8. The first-order valence-electron chi connectivity index (χ1n) is 4.41. The molecule has 0 aliphatic carbocycles. The summed E-state index contributed by atoms with van der Waals surface area (Å²) in [6.45, 7) is 0.381. The molecule has 0 radical (unpaired) electrons. The van der Waals surface area contributed by atoms with E-state index in [9.17, 15) is 13.2 Å². The average molecular weight is 223 g/mol. The van der Waals surface area contributed by atoms with Crippen LogP contribution in [0.25, 0.3) is 0 Å². The molecule has 15 heavy (non-hydrogen) atoms. The summed E-state index contributed by atoms with van der Waals surface area (Å²) in [6, 6.07) is 0. The van der Waals surface area contributed by atoms with Gasteiger partial charge in [-0.3, -0.25) is 0 Å². The van der Waals surface area contributed by atoms with Crippen LogP contribution in [0.15, 0.2) is 18.7 Å². The van der Waals surface area contributed by atoms with Crippen molar-refractivity contribution in [2.45, 2.75) is 18.8 Å². The minimum atomic E-state index is -4.55. The Labute approximate surface area is 84.7 Å². The lowest BCUT2D eigenvalue weighted by Crippen LogP contribution is -2.39. The third-order valence-corrected chi connectivity index (χ3v) is 1.82. The molecule has 0 spiro atoms. The first-order chi connectivity index (χ1) is 7.00. The lowest BCUT2D eigenvalue weighted by Gasteiger charge is -2.14. The Bertz CT molecular complexity index is 273. The number of imidazole rings is 1. The van der Waals surface area contributed by atoms with Crippen molar-refractivity contribution in [2.24, 2.45) is 0 Å². The van der Waals surface area contributed by atoms with Crippen molar-refractivity contribution in [3.63, 3.8) is 0 Å². The standard InChI is InChI=1S/C8H12F3N3O/c9-8(10,11)7(15)5-12-1-3-14-4-2-13-6-14/h2,4,6-7,12,15H,1,3,5H2. The van der Waals surface area contributed by atoms with Crippen molar-refractivity contribution in [2.75, 3.05) is 13.1 Å². The van der Waals surface area contributed by atoms with Crippen LogP contribution in [-0.2, 0) is 6.54 Å². The highest BCUT2D eigenvalue weighted by Gasteiger charge is 2.37. The highest BCUT2D eigenvalue weighted by Crippen LogP contribution is 2.18. The number of halogens is 3. The summed E-state index contributed by atoms with van der Waals surface area (Å²) in [4.78, 5) is 3.78. The van der Waals surface area contributed by atoms with E-state index in [1.165, 1.54) is 0 Å². The molecule has 0 saturated heterocycles. The van der Waals surface area contributed by atoms with Gasteiger partial charge in [0.2, 0.25) is 0 Å². The number of aliphatic hydroxyl groups excluding tert-OH is 1. The van der Waals surface area contributed by atoms with Crippen molar-refractivity contribution in [1.82, 2.24) is 14.9 Å². The number of hydrogen-bond acceptors (Lipinski definition) is 3. The molecule has 1 unspecified atom stereocenters. The van der Waals surface area contributed by atoms with Crippen LogP contribution in [0, 0.1) is 0 Å². The van der Waals surface area contributed by atoms with Crippen LogP contribution < -0.4 is 5.32 Å². The van der Waals surface area contributed by atoms with Crippen molar-refractivity contribution >= 4 is 0 Å². The van der Waals surface area contributed by atoms with Crippen LogP contribution in [0.3, 0.4) is 0 Å². The largest absolute Gasteiger partial charge is 0.415 e. The van der Waals surface area contributed by atoms with Gasteiger partial charge < -0.3 is 15.0 Å². The van der Waals surface area contributed by atoms with E-state index in [2.05, 4.69) is 10.3 Å². The molecular formula is C8H12F3N3O. The van der Waals surface area contributed by atoms with E-state index >= 15 is 0 Å². The minimum absolute atomic E-state index is 0.351. The van der Waals surface area contributed by atoms with Gasteiger partial charge in [0.05, 0.1) is 6.33 Å². The minimum Gasteiger partial charge on any atom is -0.382 e. The van der Waals surface area contributed by atoms with Gasteiger partial charge in [0, 0.05) is 32.0 Å². The molecule has 0 aromatic carbocycles. The molecule has 0 fully saturated rings. The second-order valence-corrected chi connectivity index (χ2v) is 3.06. The summed E-state index contributed by atoms with van der Waals surface area (Å²) >= 11 is 0. The molecule has 0 bridgehead atoms. The number of aliphatic hydroxyl groups is 1. The van der Waals surface area contributed by atoms with Crippen molar-refractivity contribution < 1.29 is 18.3 Å². The Morgan fingerprint density at radius 1 is 1.47 bits per heavy atom. The fourth-order valence-corrected chi connectivity index (χ4v) is 0.982. The van der Waals surface area contributed by atoms with Gasteiger partial charge in [-0.15, -0.1) is 0 Å². The molecule has 0 amide bonds. The van der Waals surface area contributed by atoms with E-state index in [1.54, 1.807) is 23.3 Å². The lowest BCUT2D eigenvalue weighted by atomic mass is 10.3. The van der Waals surface area contributed by atoms with E-state index < -0.39 is 18.8 Å². The Balaban J connectivity index is 2.12. The fourth-order valence-electron chi connectivity index (χ4n) is 0.982. The van der Waals surface area contributed by atoms with Crippen molar-refractivity contribution in [1.29, 1.82) is 0 Å². The van der Waals surface area contributed by atoms with Crippen LogP contribution in [0.1, 0.15) is 0 Å². The zero-order valence-electron chi connectivity index (χ0n) is 7.91. The lowest BCUT2D eigenvalue weighted by molar-refractivity contribution is -0.201. The van der Waals surface area contributed by atoms with Crippen LogP contribution in [0.4, 0.5) is 13.2 Å². The van der Waals surface area contributed by atoms with Crippen LogP contribution in [0.5, 0.6) is 0 Å². The summed E-state index contributed by atoms with van der Waals surface area (Å²) in [7, 11) is 0. The molecule has 1 aromatic rings. The molecule has 1 aromatic heterocycles. The third-order valence-electron chi connectivity index (χ3n) is 1.82. The Hall–Kier alpha value is -1.08. The molecular weight excluding hydrogens is 211 g/mol. The van der Waals surface area contributed by atoms with Crippen molar-refractivity contribution in [3.05, 3.63) is 18.7 Å². The number of alkyl halides is 3. The van der Waals surface area contributed by atoms with Gasteiger partial charge in [0.25, 0.3) is 0 Å². The molecule has 7 heteroatoms. The van der Waals surface area contributed by atoms with Crippen LogP contribution in [-0.4, -0.2) is 40.0 Å². The number of rotatable bonds is 5. The maximum absolute atomic E-state index is 11.8. The number of aromatic nitrogens is 2. The van der Waals surface area contributed by atoms with Gasteiger partial charge in [0.1, 0.15) is 0 Å². The summed E-state index contributed by atoms with van der Waals surface area (Å²) < 4.78 is 37.3. The quantitative estimate of drug-likeness (QED) is 0.710. The highest BCUT2D eigenvalue weighted by molar-refractivity contribution is 4.74. The molecule has 86 valence electrons. The normalized spacial score (nSPS) is 14.1. The highest BCUT2D eigenvalue weighted by atomic mass is 19.4. The summed E-state index contributed by atoms with van der Waals surface area (Å²) in [5.74, 6) is 0. The second-order valence-electron chi connectivity index (χ2n) is 3.06. The van der Waals surface area contributed by atoms with E-state index in [1.807, 2.05) is 0 Å². The summed E-state index contributed by atoms with van der Waals surface area (Å²) in [6.07, 6.45) is -1.99. The smallest absolute Gasteiger partial charge is 0.382 e. The van der Waals surface area contributed by atoms with Crippen molar-refractivity contribution in [3.8, 4) is 0 Å². The molecule has 1 atom stereocenters. The number of hydrogen-bond donors (Lipinski definition) is 2. The van der Waals surface area contributed by atoms with Crippen LogP contribution >= 0.6 is 0 Å². The van der Waals surface area contributed by atoms with Gasteiger partial charge in [-0.1, -0.05) is 0 Å². The predicted molar refractivity (Wildman–Crippen MR) is 47.2 cm³/mol. The van der Waals surface area contributed by atoms with Gasteiger partial charge in [-0.05, 0) is 0 Å². The van der Waals surface area contributed by atoms with Gasteiger partial charge in [-0.25, -0.2) is 4.98 Å². The molecule has 0 aliphatic rings. The number of nitrogens with one attached hydrogen (secondary N) is 1. The van der Waals surface area contributed by atoms with Gasteiger partial charge >= 0.3 is 6.18 Å². The summed E-state index contributed by atoms with van der Waals surface area (Å²) in [5, 5.41) is 11.1. The van der Waals surface area contributed by atoms with E-state index in [0.717, 1.165) is 0 Å². The molecule has 2 N–H and O–H groups in total. The second kappa shape index (κ2) is 5.13. The van der Waals surface area contributed by atoms with E-state index in [0.29, 0.717) is 13.1 Å². The van der Waals surface area contributed by atoms with E-state index in [4.69, 9.17) is 5.11 Å². The first kappa shape index (κ1) is 12.0. The zero-order chi connectivity index (χ0) is 11.3. The van der Waals surface area contributed by atoms with E-state index in [-0.39, 0.29) is 0 Å². The SMILES string of the molecule is OC(CNCCn1ccnc1)C(F)(F)F. The zero-order valence-corrected chi connectivity index (χ0v) is 7.91. The Morgan fingerprint density at radius 2 is 2.20 bits per heavy atom. The molecule has 1 heterocycles. The average Bonchev–Trinajstić information content (AvgIpc) is 2.63. The molecule has 1 rings (SSSR count). The monoisotopic (exact) mass is 223 g/mol. The topological polar surface area (TPSA) is 50.1 Å². The Morgan fingerprint density at radius 3 is 2.73 bits per heavy atom. The van der Waals surface area contributed by atoms with Gasteiger partial charge in [-0.2, -0.15) is 13.2 Å². The first-order valence-corrected chi connectivity index (χ1v) is 4.41. The fraction of sp³-hybridized carbons (Fsp3) is 0.625. The molecule has 4 nitrogen and oxygen atoms in total. The maximum Gasteiger partial charge on any atom is 0.415 e. The number of nitrogens with zero attached hydrogens (tertiary/aromatic N) is 2. The summed E-state index contributed by atoms with van der Waals surface area (Å²) in [5.41, 5.74) is 0. The predicted octanol–water partition coefficient (Wildman–Crippen LogP) is 0.396. The molecule has 0 saturated carbocycles. The molecule has 0 aliphatic heterocycles. The van der Waals surface area contributed by atoms with Crippen LogP contribution in [0.2, 0.25) is 0 Å².